The molecule has 1 aliphatic rings. The lowest BCUT2D eigenvalue weighted by atomic mass is 10.1. The normalized spacial score (nSPS) is 16.9. The van der Waals surface area contributed by atoms with Crippen LogP contribution in [0.1, 0.15) is 25.7 Å². The van der Waals surface area contributed by atoms with Crippen molar-refractivity contribution in [3.05, 3.63) is 0 Å². The Bertz CT molecular complexity index is 403. The molecule has 0 heterocycles. The van der Waals surface area contributed by atoms with Crippen LogP contribution in [0.2, 0.25) is 0 Å². The average molecular weight is 307 g/mol. The number of rotatable bonds is 11. The van der Waals surface area contributed by atoms with Gasteiger partial charge in [-0.05, 0) is 31.2 Å². The highest BCUT2D eigenvalue weighted by atomic mass is 32.2. The quantitative estimate of drug-likeness (QED) is 0.439. The average Bonchev–Trinajstić information content (AvgIpc) is 3.11. The Labute approximate surface area is 121 Å². The third-order valence-corrected chi connectivity index (χ3v) is 5.48. The molecule has 1 saturated carbocycles. The highest BCUT2D eigenvalue weighted by Crippen LogP contribution is 2.50. The summed E-state index contributed by atoms with van der Waals surface area (Å²) in [6, 6.07) is 0. The first kappa shape index (κ1) is 17.4. The van der Waals surface area contributed by atoms with Crippen LogP contribution in [0.3, 0.4) is 0 Å². The Kier molecular flexibility index (Phi) is 6.91. The van der Waals surface area contributed by atoms with Gasteiger partial charge in [0.25, 0.3) is 0 Å². The van der Waals surface area contributed by atoms with Crippen LogP contribution in [-0.4, -0.2) is 59.8 Å². The minimum absolute atomic E-state index is 0.104. The summed E-state index contributed by atoms with van der Waals surface area (Å²) in [7, 11) is -0.143. The standard InChI is InChI=1S/C13H25NO5S/c1-18-8-7-14-6-3-9-20(16,17)11-13(4-5-13)10-12(15)19-2/h14H,3-11H2,1-2H3. The van der Waals surface area contributed by atoms with Crippen molar-refractivity contribution in [3.8, 4) is 0 Å². The van der Waals surface area contributed by atoms with Crippen molar-refractivity contribution in [2.24, 2.45) is 5.41 Å². The van der Waals surface area contributed by atoms with Gasteiger partial charge in [-0.3, -0.25) is 4.79 Å². The Hall–Kier alpha value is -0.660. The number of methoxy groups -OCH3 is 2. The van der Waals surface area contributed by atoms with E-state index in [1.807, 2.05) is 0 Å². The van der Waals surface area contributed by atoms with E-state index in [4.69, 9.17) is 4.74 Å². The first-order chi connectivity index (χ1) is 9.43. The molecule has 0 aliphatic heterocycles. The molecule has 1 rings (SSSR count). The number of hydrogen-bond donors (Lipinski definition) is 1. The van der Waals surface area contributed by atoms with Crippen molar-refractivity contribution in [2.75, 3.05) is 45.4 Å². The molecule has 0 amide bonds. The molecule has 0 saturated heterocycles. The van der Waals surface area contributed by atoms with Gasteiger partial charge >= 0.3 is 5.97 Å². The maximum Gasteiger partial charge on any atom is 0.306 e. The molecular formula is C13H25NO5S. The van der Waals surface area contributed by atoms with Gasteiger partial charge in [-0.25, -0.2) is 8.42 Å². The van der Waals surface area contributed by atoms with Gasteiger partial charge < -0.3 is 14.8 Å². The molecule has 0 aromatic heterocycles. The minimum atomic E-state index is -3.10. The lowest BCUT2D eigenvalue weighted by molar-refractivity contribution is -0.141. The Morgan fingerprint density at radius 2 is 1.95 bits per heavy atom. The van der Waals surface area contributed by atoms with Gasteiger partial charge in [0.2, 0.25) is 0 Å². The molecular weight excluding hydrogens is 282 g/mol. The Morgan fingerprint density at radius 1 is 1.25 bits per heavy atom. The molecule has 1 aliphatic carbocycles. The van der Waals surface area contributed by atoms with Gasteiger partial charge in [0.15, 0.2) is 9.84 Å². The van der Waals surface area contributed by atoms with E-state index in [0.29, 0.717) is 19.6 Å². The van der Waals surface area contributed by atoms with E-state index in [-0.39, 0.29) is 29.3 Å². The van der Waals surface area contributed by atoms with Crippen molar-refractivity contribution < 1.29 is 22.7 Å². The van der Waals surface area contributed by atoms with Crippen molar-refractivity contribution in [3.63, 3.8) is 0 Å². The summed E-state index contributed by atoms with van der Waals surface area (Å²) in [6.07, 6.45) is 2.40. The van der Waals surface area contributed by atoms with E-state index in [9.17, 15) is 13.2 Å². The third-order valence-electron chi connectivity index (χ3n) is 3.52. The lowest BCUT2D eigenvalue weighted by Crippen LogP contribution is -2.26. The molecule has 7 heteroatoms. The zero-order chi connectivity index (χ0) is 15.1. The molecule has 0 unspecified atom stereocenters. The van der Waals surface area contributed by atoms with Crippen LogP contribution >= 0.6 is 0 Å². The fourth-order valence-corrected chi connectivity index (χ4v) is 4.23. The van der Waals surface area contributed by atoms with E-state index in [0.717, 1.165) is 19.4 Å². The molecule has 1 fully saturated rings. The van der Waals surface area contributed by atoms with E-state index in [1.54, 1.807) is 7.11 Å². The van der Waals surface area contributed by atoms with Gasteiger partial charge in [-0.15, -0.1) is 0 Å². The van der Waals surface area contributed by atoms with Crippen LogP contribution < -0.4 is 5.32 Å². The lowest BCUT2D eigenvalue weighted by Gasteiger charge is -2.14. The van der Waals surface area contributed by atoms with E-state index < -0.39 is 9.84 Å². The van der Waals surface area contributed by atoms with Gasteiger partial charge in [0.05, 0.1) is 31.6 Å². The molecule has 20 heavy (non-hydrogen) atoms. The van der Waals surface area contributed by atoms with Crippen LogP contribution in [0.5, 0.6) is 0 Å². The monoisotopic (exact) mass is 307 g/mol. The smallest absolute Gasteiger partial charge is 0.306 e. The second-order valence-electron chi connectivity index (χ2n) is 5.44. The van der Waals surface area contributed by atoms with Gasteiger partial charge in [-0.2, -0.15) is 0 Å². The van der Waals surface area contributed by atoms with Crippen molar-refractivity contribution in [2.45, 2.75) is 25.7 Å². The van der Waals surface area contributed by atoms with Crippen LogP contribution in [0.15, 0.2) is 0 Å². The SMILES string of the molecule is COCCNCCCS(=O)(=O)CC1(CC(=O)OC)CC1. The number of ether oxygens (including phenoxy) is 2. The number of sulfone groups is 1. The summed E-state index contributed by atoms with van der Waals surface area (Å²) >= 11 is 0. The largest absolute Gasteiger partial charge is 0.469 e. The third kappa shape index (κ3) is 6.67. The highest BCUT2D eigenvalue weighted by molar-refractivity contribution is 7.91. The summed E-state index contributed by atoms with van der Waals surface area (Å²) < 4.78 is 33.6. The minimum Gasteiger partial charge on any atom is -0.469 e. The van der Waals surface area contributed by atoms with Crippen molar-refractivity contribution in [1.82, 2.24) is 5.32 Å². The van der Waals surface area contributed by atoms with E-state index >= 15 is 0 Å². The summed E-state index contributed by atoms with van der Waals surface area (Å²) in [5.41, 5.74) is -0.352. The van der Waals surface area contributed by atoms with Gasteiger partial charge in [0.1, 0.15) is 0 Å². The predicted octanol–water partition coefficient (Wildman–Crippen LogP) is 0.371. The molecule has 0 atom stereocenters. The molecule has 118 valence electrons. The number of carbonyl (C=O) groups is 1. The molecule has 0 bridgehead atoms. The van der Waals surface area contributed by atoms with Crippen molar-refractivity contribution >= 4 is 15.8 Å². The first-order valence-electron chi connectivity index (χ1n) is 6.90. The summed E-state index contributed by atoms with van der Waals surface area (Å²) in [5.74, 6) is -0.0535. The molecule has 0 aromatic rings. The zero-order valence-corrected chi connectivity index (χ0v) is 13.1. The van der Waals surface area contributed by atoms with E-state index in [2.05, 4.69) is 10.1 Å². The molecule has 1 N–H and O–H groups in total. The molecule has 0 radical (unpaired) electrons. The first-order valence-corrected chi connectivity index (χ1v) is 8.72. The summed E-state index contributed by atoms with van der Waals surface area (Å²) in [5, 5.41) is 3.12. The number of nitrogens with one attached hydrogen (secondary N) is 1. The van der Waals surface area contributed by atoms with Crippen LogP contribution in [0.4, 0.5) is 0 Å². The summed E-state index contributed by atoms with van der Waals surface area (Å²) in [4.78, 5) is 11.3. The number of carbonyl (C=O) groups excluding carboxylic acids is 1. The number of esters is 1. The highest BCUT2D eigenvalue weighted by Gasteiger charge is 2.47. The summed E-state index contributed by atoms with van der Waals surface area (Å²) in [6.45, 7) is 2.00. The second kappa shape index (κ2) is 7.95. The second-order valence-corrected chi connectivity index (χ2v) is 7.63. The maximum absolute atomic E-state index is 12.0. The Morgan fingerprint density at radius 3 is 2.50 bits per heavy atom. The fraction of sp³-hybridized carbons (Fsp3) is 0.923. The van der Waals surface area contributed by atoms with Crippen LogP contribution in [-0.2, 0) is 24.1 Å². The van der Waals surface area contributed by atoms with Gasteiger partial charge in [-0.1, -0.05) is 0 Å². The van der Waals surface area contributed by atoms with E-state index in [1.165, 1.54) is 7.11 Å². The fourth-order valence-electron chi connectivity index (χ4n) is 2.18. The van der Waals surface area contributed by atoms with Crippen LogP contribution in [0, 0.1) is 5.41 Å². The topological polar surface area (TPSA) is 81.7 Å². The molecule has 0 aromatic carbocycles. The molecule has 6 nitrogen and oxygen atoms in total. The van der Waals surface area contributed by atoms with Crippen LogP contribution in [0.25, 0.3) is 0 Å². The number of hydrogen-bond acceptors (Lipinski definition) is 6. The molecule has 0 spiro atoms. The predicted molar refractivity (Wildman–Crippen MR) is 76.3 cm³/mol. The van der Waals surface area contributed by atoms with Gasteiger partial charge in [0, 0.05) is 13.7 Å². The zero-order valence-electron chi connectivity index (χ0n) is 12.3. The van der Waals surface area contributed by atoms with Crippen molar-refractivity contribution in [1.29, 1.82) is 0 Å². The maximum atomic E-state index is 12.0. The Balaban J connectivity index is 2.26.